The summed E-state index contributed by atoms with van der Waals surface area (Å²) in [6, 6.07) is 3.97. The lowest BCUT2D eigenvalue weighted by atomic mass is 10.0. The Morgan fingerprint density at radius 3 is 2.47 bits per heavy atom. The minimum Gasteiger partial charge on any atom is -0.495 e. The average Bonchev–Trinajstić information content (AvgIpc) is 3.05. The second-order valence-corrected chi connectivity index (χ2v) is 5.40. The summed E-state index contributed by atoms with van der Waals surface area (Å²) in [6.45, 7) is 2.23. The molecule has 3 nitrogen and oxygen atoms in total. The molecule has 2 rings (SSSR count). The highest BCUT2D eigenvalue weighted by Gasteiger charge is 2.39. The van der Waals surface area contributed by atoms with E-state index in [9.17, 15) is 0 Å². The average molecular weight is 300 g/mol. The van der Waals surface area contributed by atoms with Crippen molar-refractivity contribution in [1.82, 2.24) is 0 Å². The SMILES string of the molecule is COc1ccc(C(N)C2CC2C)c(OC)c1Br. The highest BCUT2D eigenvalue weighted by atomic mass is 79.9. The molecule has 4 heteroatoms. The third kappa shape index (κ3) is 2.29. The molecule has 0 aromatic heterocycles. The topological polar surface area (TPSA) is 44.5 Å². The largest absolute Gasteiger partial charge is 0.495 e. The van der Waals surface area contributed by atoms with E-state index in [0.717, 1.165) is 27.5 Å². The first-order valence-corrected chi connectivity index (χ1v) is 6.55. The van der Waals surface area contributed by atoms with Gasteiger partial charge in [0.1, 0.15) is 16.0 Å². The van der Waals surface area contributed by atoms with E-state index in [2.05, 4.69) is 22.9 Å². The Balaban J connectivity index is 2.36. The number of nitrogens with two attached hydrogens (primary N) is 1. The molecule has 0 bridgehead atoms. The maximum Gasteiger partial charge on any atom is 0.141 e. The summed E-state index contributed by atoms with van der Waals surface area (Å²) in [5.41, 5.74) is 7.34. The summed E-state index contributed by atoms with van der Waals surface area (Å²) < 4.78 is 11.5. The first-order chi connectivity index (χ1) is 8.10. The lowest BCUT2D eigenvalue weighted by Gasteiger charge is -2.18. The van der Waals surface area contributed by atoms with Crippen molar-refractivity contribution in [3.05, 3.63) is 22.2 Å². The molecule has 2 N–H and O–H groups in total. The van der Waals surface area contributed by atoms with Crippen molar-refractivity contribution in [2.24, 2.45) is 17.6 Å². The fourth-order valence-electron chi connectivity index (χ4n) is 2.26. The Labute approximate surface area is 110 Å². The van der Waals surface area contributed by atoms with E-state index in [-0.39, 0.29) is 6.04 Å². The zero-order chi connectivity index (χ0) is 12.6. The minimum absolute atomic E-state index is 0.0437. The standard InChI is InChI=1S/C13H18BrNO2/c1-7-6-9(7)12(15)8-4-5-10(16-2)11(14)13(8)17-3/h4-5,7,9,12H,6,15H2,1-3H3. The number of benzene rings is 1. The fraction of sp³-hybridized carbons (Fsp3) is 0.538. The molecule has 1 aromatic rings. The number of halogens is 1. The lowest BCUT2D eigenvalue weighted by Crippen LogP contribution is -2.15. The second kappa shape index (κ2) is 4.86. The van der Waals surface area contributed by atoms with Gasteiger partial charge >= 0.3 is 0 Å². The quantitative estimate of drug-likeness (QED) is 0.929. The van der Waals surface area contributed by atoms with Crippen LogP contribution in [0.3, 0.4) is 0 Å². The van der Waals surface area contributed by atoms with Crippen molar-refractivity contribution in [1.29, 1.82) is 0 Å². The summed E-state index contributed by atoms with van der Waals surface area (Å²) >= 11 is 3.50. The van der Waals surface area contributed by atoms with Gasteiger partial charge in [-0.25, -0.2) is 0 Å². The van der Waals surface area contributed by atoms with Crippen LogP contribution in [0.5, 0.6) is 11.5 Å². The van der Waals surface area contributed by atoms with Crippen molar-refractivity contribution in [3.63, 3.8) is 0 Å². The molecule has 1 fully saturated rings. The van der Waals surface area contributed by atoms with Gasteiger partial charge < -0.3 is 15.2 Å². The molecule has 3 unspecified atom stereocenters. The molecule has 0 spiro atoms. The first kappa shape index (κ1) is 12.7. The van der Waals surface area contributed by atoms with Crippen LogP contribution < -0.4 is 15.2 Å². The van der Waals surface area contributed by atoms with Gasteiger partial charge in [-0.2, -0.15) is 0 Å². The molecular formula is C13H18BrNO2. The number of rotatable bonds is 4. The van der Waals surface area contributed by atoms with Crippen LogP contribution in [0.2, 0.25) is 0 Å². The van der Waals surface area contributed by atoms with Crippen LogP contribution >= 0.6 is 15.9 Å². The van der Waals surface area contributed by atoms with E-state index in [1.807, 2.05) is 12.1 Å². The Kier molecular flexibility index (Phi) is 3.64. The molecule has 0 heterocycles. The molecule has 17 heavy (non-hydrogen) atoms. The van der Waals surface area contributed by atoms with Crippen LogP contribution in [0.1, 0.15) is 24.9 Å². The fourth-order valence-corrected chi connectivity index (χ4v) is 2.95. The van der Waals surface area contributed by atoms with Gasteiger partial charge in [0.25, 0.3) is 0 Å². The molecule has 94 valence electrons. The molecule has 1 aliphatic carbocycles. The Morgan fingerprint density at radius 2 is 2.00 bits per heavy atom. The maximum atomic E-state index is 6.29. The van der Waals surface area contributed by atoms with Gasteiger partial charge in [-0.05, 0) is 46.3 Å². The van der Waals surface area contributed by atoms with E-state index in [4.69, 9.17) is 15.2 Å². The van der Waals surface area contributed by atoms with E-state index < -0.39 is 0 Å². The van der Waals surface area contributed by atoms with E-state index in [1.54, 1.807) is 14.2 Å². The molecule has 1 aromatic carbocycles. The highest BCUT2D eigenvalue weighted by Crippen LogP contribution is 2.49. The maximum absolute atomic E-state index is 6.29. The molecule has 1 saturated carbocycles. The van der Waals surface area contributed by atoms with Crippen molar-refractivity contribution in [2.45, 2.75) is 19.4 Å². The molecule has 1 aliphatic rings. The first-order valence-electron chi connectivity index (χ1n) is 5.76. The Bertz CT molecular complexity index is 422. The van der Waals surface area contributed by atoms with Gasteiger partial charge in [-0.1, -0.05) is 6.92 Å². The molecule has 0 saturated heterocycles. The van der Waals surface area contributed by atoms with E-state index in [0.29, 0.717) is 5.92 Å². The number of hydrogen-bond donors (Lipinski definition) is 1. The van der Waals surface area contributed by atoms with Crippen molar-refractivity contribution >= 4 is 15.9 Å². The molecule has 0 amide bonds. The van der Waals surface area contributed by atoms with Crippen molar-refractivity contribution < 1.29 is 9.47 Å². The summed E-state index contributed by atoms with van der Waals surface area (Å²) in [4.78, 5) is 0. The van der Waals surface area contributed by atoms with Crippen LogP contribution in [-0.2, 0) is 0 Å². The number of hydrogen-bond acceptors (Lipinski definition) is 3. The van der Waals surface area contributed by atoms with Gasteiger partial charge in [-0.3, -0.25) is 0 Å². The van der Waals surface area contributed by atoms with Crippen LogP contribution in [0.15, 0.2) is 16.6 Å². The van der Waals surface area contributed by atoms with E-state index >= 15 is 0 Å². The van der Waals surface area contributed by atoms with Gasteiger partial charge in [0, 0.05) is 11.6 Å². The van der Waals surface area contributed by atoms with Crippen LogP contribution in [0.4, 0.5) is 0 Å². The third-order valence-corrected chi connectivity index (χ3v) is 4.26. The van der Waals surface area contributed by atoms with E-state index in [1.165, 1.54) is 6.42 Å². The van der Waals surface area contributed by atoms with Gasteiger partial charge in [0.05, 0.1) is 14.2 Å². The van der Waals surface area contributed by atoms with Crippen LogP contribution in [0.25, 0.3) is 0 Å². The molecule has 0 aliphatic heterocycles. The minimum atomic E-state index is 0.0437. The van der Waals surface area contributed by atoms with Gasteiger partial charge in [0.2, 0.25) is 0 Å². The summed E-state index contributed by atoms with van der Waals surface area (Å²) in [6.07, 6.45) is 1.20. The smallest absolute Gasteiger partial charge is 0.141 e. The summed E-state index contributed by atoms with van der Waals surface area (Å²) in [5, 5.41) is 0. The Hall–Kier alpha value is -0.740. The zero-order valence-corrected chi connectivity index (χ0v) is 12.0. The highest BCUT2D eigenvalue weighted by molar-refractivity contribution is 9.10. The molecule has 0 radical (unpaired) electrons. The molecule has 3 atom stereocenters. The third-order valence-electron chi connectivity index (χ3n) is 3.51. The second-order valence-electron chi connectivity index (χ2n) is 4.61. The van der Waals surface area contributed by atoms with Crippen molar-refractivity contribution in [2.75, 3.05) is 14.2 Å². The van der Waals surface area contributed by atoms with Gasteiger partial charge in [-0.15, -0.1) is 0 Å². The van der Waals surface area contributed by atoms with Crippen LogP contribution in [0, 0.1) is 11.8 Å². The Morgan fingerprint density at radius 1 is 1.35 bits per heavy atom. The predicted octanol–water partition coefficient (Wildman–Crippen LogP) is 3.12. The normalized spacial score (nSPS) is 24.3. The predicted molar refractivity (Wildman–Crippen MR) is 71.4 cm³/mol. The summed E-state index contributed by atoms with van der Waals surface area (Å²) in [7, 11) is 3.30. The number of ether oxygens (including phenoxy) is 2. The zero-order valence-electron chi connectivity index (χ0n) is 10.4. The van der Waals surface area contributed by atoms with Gasteiger partial charge in [0.15, 0.2) is 0 Å². The molecular weight excluding hydrogens is 282 g/mol. The monoisotopic (exact) mass is 299 g/mol. The number of methoxy groups -OCH3 is 2. The summed E-state index contributed by atoms with van der Waals surface area (Å²) in [5.74, 6) is 2.84. The van der Waals surface area contributed by atoms with Crippen LogP contribution in [-0.4, -0.2) is 14.2 Å². The van der Waals surface area contributed by atoms with Crippen molar-refractivity contribution in [3.8, 4) is 11.5 Å². The lowest BCUT2D eigenvalue weighted by molar-refractivity contribution is 0.381.